The number of anilines is 2. The van der Waals surface area contributed by atoms with Crippen LogP contribution in [0.15, 0.2) is 24.3 Å². The summed E-state index contributed by atoms with van der Waals surface area (Å²) < 4.78 is 8.96. The van der Waals surface area contributed by atoms with Crippen molar-refractivity contribution in [3.8, 4) is 0 Å². The first kappa shape index (κ1) is 18.6. The fourth-order valence-electron chi connectivity index (χ4n) is 1.50. The molecule has 0 unspecified atom stereocenters. The van der Waals surface area contributed by atoms with E-state index in [1.165, 1.54) is 14.2 Å². The molecule has 0 aliphatic heterocycles. The van der Waals surface area contributed by atoms with Gasteiger partial charge in [-0.3, -0.25) is 10.6 Å². The summed E-state index contributed by atoms with van der Waals surface area (Å²) in [6, 6.07) is 7.05. The molecule has 0 heterocycles. The normalized spacial score (nSPS) is 9.35. The Labute approximate surface area is 144 Å². The number of nitrogens with zero attached hydrogens (tertiary/aromatic N) is 1. The van der Waals surface area contributed by atoms with Crippen molar-refractivity contribution >= 4 is 58.2 Å². The zero-order valence-electron chi connectivity index (χ0n) is 12.7. The van der Waals surface area contributed by atoms with Gasteiger partial charge in [0.15, 0.2) is 10.2 Å². The van der Waals surface area contributed by atoms with Gasteiger partial charge in [0.05, 0.1) is 25.6 Å². The first-order valence-corrected chi connectivity index (χ1v) is 7.08. The third-order valence-corrected chi connectivity index (χ3v) is 3.19. The quantitative estimate of drug-likeness (QED) is 0.691. The maximum atomic E-state index is 11.2. The van der Waals surface area contributed by atoms with Gasteiger partial charge in [-0.2, -0.15) is 0 Å². The van der Waals surface area contributed by atoms with Crippen LogP contribution >= 0.6 is 24.4 Å². The Morgan fingerprint density at radius 3 is 2.22 bits per heavy atom. The maximum Gasteiger partial charge on any atom is 0.413 e. The number of amides is 2. The van der Waals surface area contributed by atoms with Crippen molar-refractivity contribution in [2.45, 2.75) is 0 Å². The lowest BCUT2D eigenvalue weighted by atomic mass is 10.2. The van der Waals surface area contributed by atoms with Crippen LogP contribution in [0.2, 0.25) is 0 Å². The molecular weight excluding hydrogens is 340 g/mol. The highest BCUT2D eigenvalue weighted by molar-refractivity contribution is 7.80. The molecule has 23 heavy (non-hydrogen) atoms. The van der Waals surface area contributed by atoms with Gasteiger partial charge >= 0.3 is 12.2 Å². The van der Waals surface area contributed by atoms with E-state index in [0.717, 1.165) is 0 Å². The third-order valence-electron chi connectivity index (χ3n) is 2.61. The number of methoxy groups -OCH3 is 2. The van der Waals surface area contributed by atoms with Crippen LogP contribution in [0, 0.1) is 0 Å². The second-order valence-electron chi connectivity index (χ2n) is 4.07. The molecule has 0 saturated heterocycles. The second-order valence-corrected chi connectivity index (χ2v) is 4.86. The maximum absolute atomic E-state index is 11.2. The van der Waals surface area contributed by atoms with Crippen molar-refractivity contribution in [1.82, 2.24) is 10.6 Å². The molecule has 0 spiro atoms. The standard InChI is InChI=1S/C13H16N4O4S2/c1-17(11(23)16-13(19)21-3)9-7-5-4-6-8(9)14-10(22)15-12(18)20-2/h4-7H,1-3H3,(H,16,19,23)(H2,14,15,18,22). The van der Waals surface area contributed by atoms with E-state index in [1.807, 2.05) is 0 Å². The Balaban J connectivity index is 2.88. The highest BCUT2D eigenvalue weighted by Gasteiger charge is 2.15. The number of benzene rings is 1. The van der Waals surface area contributed by atoms with E-state index in [0.29, 0.717) is 11.4 Å². The third kappa shape index (κ3) is 5.68. The van der Waals surface area contributed by atoms with Crippen LogP contribution in [0.4, 0.5) is 21.0 Å². The van der Waals surface area contributed by atoms with E-state index in [2.05, 4.69) is 25.4 Å². The van der Waals surface area contributed by atoms with Crippen LogP contribution in [0.25, 0.3) is 0 Å². The van der Waals surface area contributed by atoms with Crippen LogP contribution < -0.4 is 20.9 Å². The van der Waals surface area contributed by atoms with E-state index in [9.17, 15) is 9.59 Å². The number of alkyl carbamates (subject to hydrolysis) is 2. The van der Waals surface area contributed by atoms with Crippen molar-refractivity contribution in [1.29, 1.82) is 0 Å². The van der Waals surface area contributed by atoms with Gasteiger partial charge in [0, 0.05) is 7.05 Å². The highest BCUT2D eigenvalue weighted by Crippen LogP contribution is 2.24. The zero-order chi connectivity index (χ0) is 17.4. The number of carbonyl (C=O) groups is 2. The molecule has 8 nitrogen and oxygen atoms in total. The molecule has 0 aliphatic rings. The Bertz CT molecular complexity index is 624. The van der Waals surface area contributed by atoms with E-state index < -0.39 is 12.2 Å². The molecule has 0 radical (unpaired) electrons. The first-order chi connectivity index (χ1) is 10.9. The van der Waals surface area contributed by atoms with Crippen molar-refractivity contribution in [2.24, 2.45) is 0 Å². The lowest BCUT2D eigenvalue weighted by Crippen LogP contribution is -2.41. The number of para-hydroxylation sites is 2. The highest BCUT2D eigenvalue weighted by atomic mass is 32.1. The molecule has 1 rings (SSSR count). The largest absolute Gasteiger partial charge is 0.453 e. The summed E-state index contributed by atoms with van der Waals surface area (Å²) in [5, 5.41) is 7.78. The van der Waals surface area contributed by atoms with Crippen molar-refractivity contribution in [2.75, 3.05) is 31.5 Å². The molecule has 0 atom stereocenters. The fraction of sp³-hybridized carbons (Fsp3) is 0.231. The molecule has 0 saturated carbocycles. The van der Waals surface area contributed by atoms with Gasteiger partial charge in [0.1, 0.15) is 0 Å². The van der Waals surface area contributed by atoms with E-state index >= 15 is 0 Å². The van der Waals surface area contributed by atoms with Gasteiger partial charge in [0.25, 0.3) is 0 Å². The summed E-state index contributed by atoms with van der Waals surface area (Å²) in [5.41, 5.74) is 1.20. The fourth-order valence-corrected chi connectivity index (χ4v) is 1.88. The molecule has 2 amide bonds. The summed E-state index contributed by atoms with van der Waals surface area (Å²) in [6.45, 7) is 0. The molecule has 1 aromatic rings. The number of carbonyl (C=O) groups excluding carboxylic acids is 2. The predicted molar refractivity (Wildman–Crippen MR) is 94.7 cm³/mol. The summed E-state index contributed by atoms with van der Waals surface area (Å²) in [5.74, 6) is 0. The predicted octanol–water partition coefficient (Wildman–Crippen LogP) is 1.82. The number of hydrogen-bond acceptors (Lipinski definition) is 6. The van der Waals surface area contributed by atoms with E-state index in [-0.39, 0.29) is 10.2 Å². The lowest BCUT2D eigenvalue weighted by molar-refractivity contribution is 0.176. The summed E-state index contributed by atoms with van der Waals surface area (Å²) in [4.78, 5) is 23.9. The molecule has 10 heteroatoms. The van der Waals surface area contributed by atoms with E-state index in [4.69, 9.17) is 24.4 Å². The molecule has 3 N–H and O–H groups in total. The first-order valence-electron chi connectivity index (χ1n) is 6.26. The Morgan fingerprint density at radius 1 is 1.04 bits per heavy atom. The minimum absolute atomic E-state index is 0.0598. The number of thiocarbonyl (C=S) groups is 2. The van der Waals surface area contributed by atoms with Crippen molar-refractivity contribution in [3.05, 3.63) is 24.3 Å². The molecular formula is C13H16N4O4S2. The van der Waals surface area contributed by atoms with Crippen LogP contribution in [0.5, 0.6) is 0 Å². The number of ether oxygens (including phenoxy) is 2. The number of rotatable bonds is 2. The Morgan fingerprint density at radius 2 is 1.61 bits per heavy atom. The van der Waals surface area contributed by atoms with Gasteiger partial charge in [-0.15, -0.1) is 0 Å². The molecule has 0 fully saturated rings. The van der Waals surface area contributed by atoms with Gasteiger partial charge in [-0.25, -0.2) is 9.59 Å². The van der Waals surface area contributed by atoms with Crippen LogP contribution in [-0.2, 0) is 9.47 Å². The van der Waals surface area contributed by atoms with Gasteiger partial charge in [0.2, 0.25) is 0 Å². The van der Waals surface area contributed by atoms with Crippen molar-refractivity contribution in [3.63, 3.8) is 0 Å². The average Bonchev–Trinajstić information content (AvgIpc) is 2.54. The lowest BCUT2D eigenvalue weighted by Gasteiger charge is -2.23. The zero-order valence-corrected chi connectivity index (χ0v) is 14.3. The van der Waals surface area contributed by atoms with Crippen LogP contribution in [0.1, 0.15) is 0 Å². The summed E-state index contributed by atoms with van der Waals surface area (Å²) in [7, 11) is 4.14. The smallest absolute Gasteiger partial charge is 0.413 e. The SMILES string of the molecule is COC(=O)NC(=S)Nc1ccccc1N(C)C(=S)NC(=O)OC. The molecule has 0 aromatic heterocycles. The molecule has 0 aliphatic carbocycles. The van der Waals surface area contributed by atoms with Crippen LogP contribution in [-0.4, -0.2) is 43.7 Å². The van der Waals surface area contributed by atoms with Crippen LogP contribution in [0.3, 0.4) is 0 Å². The van der Waals surface area contributed by atoms with Gasteiger partial charge < -0.3 is 19.7 Å². The summed E-state index contributed by atoms with van der Waals surface area (Å²) >= 11 is 10.1. The topological polar surface area (TPSA) is 91.9 Å². The monoisotopic (exact) mass is 356 g/mol. The number of hydrogen-bond donors (Lipinski definition) is 3. The average molecular weight is 356 g/mol. The Hall–Kier alpha value is -2.46. The van der Waals surface area contributed by atoms with Gasteiger partial charge in [-0.1, -0.05) is 12.1 Å². The minimum Gasteiger partial charge on any atom is -0.453 e. The van der Waals surface area contributed by atoms with Gasteiger partial charge in [-0.05, 0) is 36.6 Å². The molecule has 0 bridgehead atoms. The Kier molecular flexibility index (Phi) is 7.16. The van der Waals surface area contributed by atoms with E-state index in [1.54, 1.807) is 36.2 Å². The molecule has 124 valence electrons. The summed E-state index contributed by atoms with van der Waals surface area (Å²) in [6.07, 6.45) is -1.36. The number of nitrogens with one attached hydrogen (secondary N) is 3. The second kappa shape index (κ2) is 8.86. The molecule has 1 aromatic carbocycles. The minimum atomic E-state index is -0.684. The van der Waals surface area contributed by atoms with Crippen molar-refractivity contribution < 1.29 is 19.1 Å².